The van der Waals surface area contributed by atoms with Gasteiger partial charge in [-0.25, -0.2) is 4.98 Å². The molecule has 0 radical (unpaired) electrons. The predicted molar refractivity (Wildman–Crippen MR) is 70.9 cm³/mol. The first-order valence-corrected chi connectivity index (χ1v) is 5.73. The van der Waals surface area contributed by atoms with E-state index < -0.39 is 0 Å². The van der Waals surface area contributed by atoms with E-state index in [1.807, 2.05) is 19.3 Å². The summed E-state index contributed by atoms with van der Waals surface area (Å²) in [6.45, 7) is 2.11. The van der Waals surface area contributed by atoms with E-state index in [0.29, 0.717) is 0 Å². The van der Waals surface area contributed by atoms with Crippen LogP contribution in [-0.2, 0) is 7.05 Å². The monoisotopic (exact) mass is 222 g/mol. The summed E-state index contributed by atoms with van der Waals surface area (Å²) in [5.41, 5.74) is 4.81. The number of nitrogens with zero attached hydrogens (tertiary/aromatic N) is 2. The van der Waals surface area contributed by atoms with E-state index in [9.17, 15) is 0 Å². The number of aryl methyl sites for hydroxylation is 2. The van der Waals surface area contributed by atoms with Crippen molar-refractivity contribution in [2.24, 2.45) is 7.05 Å². The van der Waals surface area contributed by atoms with Crippen molar-refractivity contribution in [2.75, 3.05) is 0 Å². The summed E-state index contributed by atoms with van der Waals surface area (Å²) in [6, 6.07) is 12.7. The smallest absolute Gasteiger partial charge is 0.140 e. The normalized spacial score (nSPS) is 10.9. The zero-order valence-electron chi connectivity index (χ0n) is 10.0. The molecule has 0 N–H and O–H groups in total. The second-order valence-corrected chi connectivity index (χ2v) is 4.39. The minimum Gasteiger partial charge on any atom is -0.335 e. The van der Waals surface area contributed by atoms with Gasteiger partial charge in [-0.2, -0.15) is 0 Å². The SMILES string of the molecule is Cc1ccc(-c2cn(C)c3ncccc23)cc1. The van der Waals surface area contributed by atoms with Gasteiger partial charge in [0.2, 0.25) is 0 Å². The quantitative estimate of drug-likeness (QED) is 0.615. The van der Waals surface area contributed by atoms with Crippen LogP contribution in [0.15, 0.2) is 48.8 Å². The molecule has 0 fully saturated rings. The first-order valence-electron chi connectivity index (χ1n) is 5.73. The molecule has 84 valence electrons. The summed E-state index contributed by atoms with van der Waals surface area (Å²) in [7, 11) is 2.03. The molecule has 1 aromatic carbocycles. The van der Waals surface area contributed by atoms with Crippen molar-refractivity contribution >= 4 is 11.0 Å². The number of hydrogen-bond acceptors (Lipinski definition) is 1. The van der Waals surface area contributed by atoms with E-state index in [-0.39, 0.29) is 0 Å². The third-order valence-corrected chi connectivity index (χ3v) is 3.10. The predicted octanol–water partition coefficient (Wildman–Crippen LogP) is 3.55. The minimum atomic E-state index is 1.03. The van der Waals surface area contributed by atoms with Crippen molar-refractivity contribution in [1.82, 2.24) is 9.55 Å². The molecule has 0 bridgehead atoms. The Morgan fingerprint density at radius 3 is 2.59 bits per heavy atom. The van der Waals surface area contributed by atoms with E-state index in [0.717, 1.165) is 5.65 Å². The summed E-state index contributed by atoms with van der Waals surface area (Å²) in [6.07, 6.45) is 3.98. The highest BCUT2D eigenvalue weighted by Crippen LogP contribution is 2.28. The molecule has 3 aromatic rings. The van der Waals surface area contributed by atoms with Crippen molar-refractivity contribution in [1.29, 1.82) is 0 Å². The van der Waals surface area contributed by atoms with Crippen molar-refractivity contribution in [3.05, 3.63) is 54.4 Å². The number of fused-ring (bicyclic) bond motifs is 1. The standard InChI is InChI=1S/C15H14N2/c1-11-5-7-12(8-6-11)14-10-17(2)15-13(14)4-3-9-16-15/h3-10H,1-2H3. The molecule has 0 amide bonds. The first kappa shape index (κ1) is 10.1. The number of pyridine rings is 1. The molecule has 0 aliphatic carbocycles. The van der Waals surface area contributed by atoms with Crippen LogP contribution in [0.3, 0.4) is 0 Å². The second kappa shape index (κ2) is 3.74. The lowest BCUT2D eigenvalue weighted by Gasteiger charge is -1.99. The zero-order valence-corrected chi connectivity index (χ0v) is 10.0. The minimum absolute atomic E-state index is 1.03. The van der Waals surface area contributed by atoms with Gasteiger partial charge in [-0.3, -0.25) is 0 Å². The molecule has 17 heavy (non-hydrogen) atoms. The maximum absolute atomic E-state index is 4.41. The van der Waals surface area contributed by atoms with Crippen molar-refractivity contribution in [2.45, 2.75) is 6.92 Å². The van der Waals surface area contributed by atoms with E-state index in [1.54, 1.807) is 0 Å². The van der Waals surface area contributed by atoms with Crippen molar-refractivity contribution in [3.8, 4) is 11.1 Å². The topological polar surface area (TPSA) is 17.8 Å². The number of rotatable bonds is 1. The fourth-order valence-electron chi connectivity index (χ4n) is 2.18. The van der Waals surface area contributed by atoms with Gasteiger partial charge in [0.15, 0.2) is 0 Å². The highest BCUT2D eigenvalue weighted by Gasteiger charge is 2.08. The maximum atomic E-state index is 4.41. The molecule has 2 aromatic heterocycles. The van der Waals surface area contributed by atoms with E-state index in [1.165, 1.54) is 22.1 Å². The molecular weight excluding hydrogens is 208 g/mol. The Bertz CT molecular complexity index is 663. The lowest BCUT2D eigenvalue weighted by Crippen LogP contribution is -1.85. The maximum Gasteiger partial charge on any atom is 0.140 e. The highest BCUT2D eigenvalue weighted by atomic mass is 15.0. The van der Waals surface area contributed by atoms with E-state index in [2.05, 4.69) is 53.0 Å². The fraction of sp³-hybridized carbons (Fsp3) is 0.133. The van der Waals surface area contributed by atoms with Gasteiger partial charge in [-0.1, -0.05) is 29.8 Å². The van der Waals surface area contributed by atoms with Crippen LogP contribution in [0, 0.1) is 6.92 Å². The van der Waals surface area contributed by atoms with Crippen molar-refractivity contribution < 1.29 is 0 Å². The van der Waals surface area contributed by atoms with Crippen LogP contribution in [0.1, 0.15) is 5.56 Å². The Kier molecular flexibility index (Phi) is 2.22. The molecule has 0 spiro atoms. The molecule has 2 heteroatoms. The van der Waals surface area contributed by atoms with Gasteiger partial charge in [-0.05, 0) is 24.6 Å². The Morgan fingerprint density at radius 1 is 1.06 bits per heavy atom. The number of aromatic nitrogens is 2. The molecule has 2 nitrogen and oxygen atoms in total. The van der Waals surface area contributed by atoms with Gasteiger partial charge in [-0.15, -0.1) is 0 Å². The largest absolute Gasteiger partial charge is 0.335 e. The zero-order chi connectivity index (χ0) is 11.8. The van der Waals surface area contributed by atoms with Gasteiger partial charge in [0, 0.05) is 30.4 Å². The second-order valence-electron chi connectivity index (χ2n) is 4.39. The van der Waals surface area contributed by atoms with Gasteiger partial charge >= 0.3 is 0 Å². The third-order valence-electron chi connectivity index (χ3n) is 3.10. The van der Waals surface area contributed by atoms with Crippen LogP contribution >= 0.6 is 0 Å². The molecule has 0 aliphatic rings. The lowest BCUT2D eigenvalue weighted by molar-refractivity contribution is 0.949. The van der Waals surface area contributed by atoms with Gasteiger partial charge in [0.25, 0.3) is 0 Å². The number of hydrogen-bond donors (Lipinski definition) is 0. The number of benzene rings is 1. The van der Waals surface area contributed by atoms with Crippen LogP contribution in [0.2, 0.25) is 0 Å². The Hall–Kier alpha value is -2.09. The van der Waals surface area contributed by atoms with E-state index in [4.69, 9.17) is 0 Å². The molecule has 0 atom stereocenters. The van der Waals surface area contributed by atoms with Crippen LogP contribution in [0.25, 0.3) is 22.2 Å². The Morgan fingerprint density at radius 2 is 1.82 bits per heavy atom. The molecule has 0 saturated carbocycles. The third kappa shape index (κ3) is 1.62. The molecule has 0 saturated heterocycles. The molecule has 2 heterocycles. The average molecular weight is 222 g/mol. The van der Waals surface area contributed by atoms with Gasteiger partial charge in [0.1, 0.15) is 5.65 Å². The molecule has 0 aliphatic heterocycles. The van der Waals surface area contributed by atoms with Gasteiger partial charge in [0.05, 0.1) is 0 Å². The fourth-order valence-corrected chi connectivity index (χ4v) is 2.18. The molecule has 3 rings (SSSR count). The van der Waals surface area contributed by atoms with Crippen LogP contribution in [0.4, 0.5) is 0 Å². The molecule has 0 unspecified atom stereocenters. The van der Waals surface area contributed by atoms with Crippen LogP contribution in [0.5, 0.6) is 0 Å². The summed E-state index contributed by atoms with van der Waals surface area (Å²) in [5, 5.41) is 1.21. The van der Waals surface area contributed by atoms with Crippen LogP contribution < -0.4 is 0 Å². The van der Waals surface area contributed by atoms with Crippen molar-refractivity contribution in [3.63, 3.8) is 0 Å². The van der Waals surface area contributed by atoms with Crippen LogP contribution in [-0.4, -0.2) is 9.55 Å². The molecular formula is C15H14N2. The first-order chi connectivity index (χ1) is 8.25. The summed E-state index contributed by atoms with van der Waals surface area (Å²) in [5.74, 6) is 0. The lowest BCUT2D eigenvalue weighted by atomic mass is 10.0. The Balaban J connectivity index is 2.27. The average Bonchev–Trinajstić information content (AvgIpc) is 2.69. The summed E-state index contributed by atoms with van der Waals surface area (Å²) >= 11 is 0. The Labute approximate surface area is 101 Å². The van der Waals surface area contributed by atoms with E-state index >= 15 is 0 Å². The van der Waals surface area contributed by atoms with Gasteiger partial charge < -0.3 is 4.57 Å². The summed E-state index contributed by atoms with van der Waals surface area (Å²) < 4.78 is 2.07. The highest BCUT2D eigenvalue weighted by molar-refractivity contribution is 5.93. The summed E-state index contributed by atoms with van der Waals surface area (Å²) in [4.78, 5) is 4.41.